The van der Waals surface area contributed by atoms with Gasteiger partial charge in [0, 0.05) is 5.56 Å². The fourth-order valence-electron chi connectivity index (χ4n) is 1.58. The van der Waals surface area contributed by atoms with Gasteiger partial charge in [-0.2, -0.15) is 0 Å². The van der Waals surface area contributed by atoms with Gasteiger partial charge in [0.25, 0.3) is 0 Å². The molecule has 2 rings (SSSR count). The molecule has 0 amide bonds. The fourth-order valence-corrected chi connectivity index (χ4v) is 2.22. The molecule has 0 fully saturated rings. The number of rotatable bonds is 2. The number of nitrogens with one attached hydrogen (secondary N) is 2. The molecule has 0 saturated carbocycles. The summed E-state index contributed by atoms with van der Waals surface area (Å²) in [6.07, 6.45) is 0. The molecule has 19 heavy (non-hydrogen) atoms. The molecule has 0 bridgehead atoms. The first-order chi connectivity index (χ1) is 9.01. The van der Waals surface area contributed by atoms with Crippen LogP contribution >= 0.6 is 11.3 Å². The van der Waals surface area contributed by atoms with E-state index in [0.717, 1.165) is 28.0 Å². The fraction of sp³-hybridized carbons (Fsp3) is 0.167. The van der Waals surface area contributed by atoms with Crippen LogP contribution in [0.1, 0.15) is 20.8 Å². The van der Waals surface area contributed by atoms with Crippen molar-refractivity contribution in [1.29, 1.82) is 11.1 Å². The molecule has 2 aromatic rings. The van der Waals surface area contributed by atoms with Crippen LogP contribution in [-0.4, -0.2) is 16.1 Å². The minimum Gasteiger partial charge on any atom is -0.477 e. The zero-order valence-electron chi connectivity index (χ0n) is 10.5. The van der Waals surface area contributed by atoms with E-state index < -0.39 is 5.97 Å². The Labute approximate surface area is 113 Å². The minimum atomic E-state index is -0.918. The number of hydrogen-bond donors (Lipinski definition) is 3. The minimum absolute atomic E-state index is 0.300. The number of carbonyl (C=O) groups is 1. The lowest BCUT2D eigenvalue weighted by Crippen LogP contribution is -1.96. The Morgan fingerprint density at radius 2 is 2.00 bits per heavy atom. The molecule has 0 atom stereocenters. The molecule has 1 aromatic heterocycles. The van der Waals surface area contributed by atoms with E-state index >= 15 is 0 Å². The number of aryl methyl sites for hydroxylation is 2. The van der Waals surface area contributed by atoms with Gasteiger partial charge >= 0.3 is 5.97 Å². The highest BCUT2D eigenvalue weighted by molar-refractivity contribution is 7.12. The maximum absolute atomic E-state index is 11.0. The molecule has 0 aliphatic carbocycles. The van der Waals surface area contributed by atoms with E-state index in [4.69, 9.17) is 16.2 Å². The third kappa shape index (κ3) is 3.54. The summed E-state index contributed by atoms with van der Waals surface area (Å²) in [7, 11) is 0. The molecule has 1 heterocycles. The van der Waals surface area contributed by atoms with Gasteiger partial charge in [-0.1, -0.05) is 17.7 Å². The molecule has 98 valence electrons. The number of thiazole rings is 1. The number of aromatic carboxylic acids is 1. The third-order valence-corrected chi connectivity index (χ3v) is 3.22. The van der Waals surface area contributed by atoms with Crippen LogP contribution < -0.4 is 4.91 Å². The first-order valence-electron chi connectivity index (χ1n) is 5.28. The van der Waals surface area contributed by atoms with Crippen LogP contribution in [-0.2, 0) is 0 Å². The number of aromatic nitrogens is 1. The van der Waals surface area contributed by atoms with E-state index in [1.54, 1.807) is 5.51 Å². The van der Waals surface area contributed by atoms with Gasteiger partial charge in [-0.15, -0.1) is 11.3 Å². The maximum atomic E-state index is 11.0. The van der Waals surface area contributed by atoms with Crippen LogP contribution in [0.15, 0.2) is 23.7 Å². The lowest BCUT2D eigenvalue weighted by Gasteiger charge is -2.05. The second-order valence-electron chi connectivity index (χ2n) is 3.77. The van der Waals surface area contributed by atoms with E-state index in [1.165, 1.54) is 0 Å². The smallest absolute Gasteiger partial charge is 0.348 e. The predicted octanol–water partition coefficient (Wildman–Crippen LogP) is 3.24. The van der Waals surface area contributed by atoms with Crippen LogP contribution in [0.4, 0.5) is 0 Å². The molecule has 1 aromatic carbocycles. The molecule has 7 heteroatoms. The van der Waals surface area contributed by atoms with E-state index in [1.807, 2.05) is 37.0 Å². The topological polar surface area (TPSA) is 112 Å². The van der Waals surface area contributed by atoms with Crippen LogP contribution in [0, 0.1) is 24.9 Å². The average molecular weight is 277 g/mol. The van der Waals surface area contributed by atoms with Crippen molar-refractivity contribution in [2.24, 2.45) is 0 Å². The maximum Gasteiger partial charge on any atom is 0.348 e. The van der Waals surface area contributed by atoms with E-state index in [-0.39, 0.29) is 0 Å². The van der Waals surface area contributed by atoms with Crippen LogP contribution in [0.5, 0.6) is 0 Å². The van der Waals surface area contributed by atoms with Gasteiger partial charge in [-0.25, -0.2) is 9.78 Å². The van der Waals surface area contributed by atoms with Crippen molar-refractivity contribution in [2.45, 2.75) is 13.8 Å². The number of benzene rings is 1. The summed E-state index contributed by atoms with van der Waals surface area (Å²) >= 11 is 1.16. The Kier molecular flexibility index (Phi) is 5.05. The highest BCUT2D eigenvalue weighted by Gasteiger charge is 2.16. The molecule has 0 aliphatic heterocycles. The van der Waals surface area contributed by atoms with Crippen molar-refractivity contribution in [2.75, 3.05) is 0 Å². The van der Waals surface area contributed by atoms with Crippen molar-refractivity contribution < 1.29 is 9.90 Å². The molecule has 0 radical (unpaired) electrons. The Balaban J connectivity index is 0.000000550. The summed E-state index contributed by atoms with van der Waals surface area (Å²) in [5.41, 5.74) is 16.2. The van der Waals surface area contributed by atoms with Crippen molar-refractivity contribution in [3.8, 4) is 11.3 Å². The normalized spacial score (nSPS) is 9.16. The summed E-state index contributed by atoms with van der Waals surface area (Å²) < 4.78 is 0. The zero-order valence-corrected chi connectivity index (χ0v) is 11.3. The van der Waals surface area contributed by atoms with Crippen molar-refractivity contribution in [3.63, 3.8) is 0 Å². The highest BCUT2D eigenvalue weighted by atomic mass is 32.1. The van der Waals surface area contributed by atoms with E-state index in [2.05, 4.69) is 4.98 Å². The van der Waals surface area contributed by atoms with Gasteiger partial charge in [-0.3, -0.25) is 0 Å². The van der Waals surface area contributed by atoms with Crippen LogP contribution in [0.3, 0.4) is 0 Å². The average Bonchev–Trinajstić information content (AvgIpc) is 2.82. The first-order valence-corrected chi connectivity index (χ1v) is 6.16. The summed E-state index contributed by atoms with van der Waals surface area (Å²) in [5, 5.41) is 9.05. The molecule has 0 saturated heterocycles. The lowest BCUT2D eigenvalue weighted by molar-refractivity contribution is 0.0702. The Hall–Kier alpha value is -2.37. The van der Waals surface area contributed by atoms with Gasteiger partial charge in [0.1, 0.15) is 15.9 Å². The van der Waals surface area contributed by atoms with Crippen LogP contribution in [0.2, 0.25) is 0 Å². The number of nitrogens with zero attached hydrogens (tertiary/aromatic N) is 2. The van der Waals surface area contributed by atoms with Gasteiger partial charge in [0.05, 0.1) is 11.2 Å². The number of carboxylic acids is 1. The summed E-state index contributed by atoms with van der Waals surface area (Å²) in [5.74, 6) is -0.918. The molecular weight excluding hydrogens is 264 g/mol. The van der Waals surface area contributed by atoms with E-state index in [9.17, 15) is 4.79 Å². The largest absolute Gasteiger partial charge is 0.477 e. The van der Waals surface area contributed by atoms with E-state index in [0.29, 0.717) is 10.6 Å². The molecule has 0 spiro atoms. The summed E-state index contributed by atoms with van der Waals surface area (Å²) in [6.45, 7) is 3.94. The van der Waals surface area contributed by atoms with Gasteiger partial charge in [0.2, 0.25) is 4.91 Å². The Morgan fingerprint density at radius 1 is 1.37 bits per heavy atom. The van der Waals surface area contributed by atoms with Crippen molar-refractivity contribution in [3.05, 3.63) is 39.7 Å². The second-order valence-corrected chi connectivity index (χ2v) is 4.62. The van der Waals surface area contributed by atoms with Gasteiger partial charge < -0.3 is 5.11 Å². The quantitative estimate of drug-likeness (QED) is 0.578. The zero-order chi connectivity index (χ0) is 14.4. The van der Waals surface area contributed by atoms with Gasteiger partial charge in [0.15, 0.2) is 0 Å². The highest BCUT2D eigenvalue weighted by Crippen LogP contribution is 2.28. The summed E-state index contributed by atoms with van der Waals surface area (Å²) in [6, 6.07) is 5.96. The Morgan fingerprint density at radius 3 is 2.58 bits per heavy atom. The predicted molar refractivity (Wildman–Crippen MR) is 71.6 cm³/mol. The molecular formula is C12H13N4O2S+. The van der Waals surface area contributed by atoms with Crippen molar-refractivity contribution >= 4 is 17.3 Å². The standard InChI is InChI=1S/C12H11NO2S.H2N3/c1-7-3-4-8(2)9(5-7)10-11(12(14)15)16-6-13-10;1-3-2/h3-6H,1-2H3,(H,14,15);1-2H/q;+1. The second kappa shape index (κ2) is 6.53. The third-order valence-electron chi connectivity index (χ3n) is 2.41. The van der Waals surface area contributed by atoms with Crippen LogP contribution in [0.25, 0.3) is 11.3 Å². The monoisotopic (exact) mass is 277 g/mol. The Bertz CT molecular complexity index is 630. The van der Waals surface area contributed by atoms with Crippen molar-refractivity contribution in [1.82, 2.24) is 9.90 Å². The SMILES string of the molecule is Cc1ccc(C)c(-c2ncsc2C(=O)O)c1.N=[N+]=N. The number of hydrogen-bond acceptors (Lipinski definition) is 5. The molecule has 0 aliphatic rings. The lowest BCUT2D eigenvalue weighted by atomic mass is 10.0. The molecule has 3 N–H and O–H groups in total. The first kappa shape index (κ1) is 14.7. The molecule has 6 nitrogen and oxygen atoms in total. The van der Waals surface area contributed by atoms with Gasteiger partial charge in [-0.05, 0) is 25.5 Å². The number of carboxylic acid groups (broad SMARTS) is 1. The summed E-state index contributed by atoms with van der Waals surface area (Å²) in [4.78, 5) is 17.5. The molecule has 0 unspecified atom stereocenters.